The van der Waals surface area contributed by atoms with Gasteiger partial charge in [0.1, 0.15) is 0 Å². The minimum absolute atomic E-state index is 0.0508. The molecule has 1 fully saturated rings. The molecular weight excluding hydrogens is 350 g/mol. The van der Waals surface area contributed by atoms with E-state index in [2.05, 4.69) is 24.0 Å². The monoisotopic (exact) mass is 367 g/mol. The van der Waals surface area contributed by atoms with Gasteiger partial charge in [-0.3, -0.25) is 4.79 Å². The van der Waals surface area contributed by atoms with E-state index in [4.69, 9.17) is 16.1 Å². The van der Waals surface area contributed by atoms with Crippen molar-refractivity contribution >= 4 is 23.2 Å². The highest BCUT2D eigenvalue weighted by molar-refractivity contribution is 6.30. The highest BCUT2D eigenvalue weighted by atomic mass is 35.5. The molecule has 1 saturated heterocycles. The number of benzene rings is 2. The van der Waals surface area contributed by atoms with Crippen LogP contribution < -0.4 is 4.90 Å². The Morgan fingerprint density at radius 1 is 1.12 bits per heavy atom. The molecule has 1 atom stereocenters. The molecule has 6 heteroatoms. The minimum Gasteiger partial charge on any atom is -0.334 e. The number of amides is 1. The summed E-state index contributed by atoms with van der Waals surface area (Å²) < 4.78 is 5.44. The summed E-state index contributed by atoms with van der Waals surface area (Å²) in [6, 6.07) is 13.3. The molecule has 1 aromatic heterocycles. The van der Waals surface area contributed by atoms with Gasteiger partial charge in [0.05, 0.1) is 0 Å². The van der Waals surface area contributed by atoms with Crippen molar-refractivity contribution in [3.05, 3.63) is 64.4 Å². The predicted octanol–water partition coefficient (Wildman–Crippen LogP) is 4.53. The van der Waals surface area contributed by atoms with E-state index >= 15 is 0 Å². The van der Waals surface area contributed by atoms with Crippen LogP contribution in [-0.2, 0) is 4.79 Å². The standard InChI is InChI=1S/C20H18ClN3O2/c1-12-3-4-14(9-13(12)2)20-22-19(23-26-20)15-10-18(25)24(11-15)17-7-5-16(21)6-8-17/h3-9,15H,10-11H2,1-2H3/t15-/m1/s1. The van der Waals surface area contributed by atoms with Crippen LogP contribution in [0.5, 0.6) is 0 Å². The van der Waals surface area contributed by atoms with Crippen LogP contribution in [0.4, 0.5) is 5.69 Å². The third-order valence-electron chi connectivity index (χ3n) is 4.82. The lowest BCUT2D eigenvalue weighted by molar-refractivity contribution is -0.117. The molecule has 0 radical (unpaired) electrons. The number of carbonyl (C=O) groups excluding carboxylic acids is 1. The van der Waals surface area contributed by atoms with Gasteiger partial charge in [-0.15, -0.1) is 0 Å². The quantitative estimate of drug-likeness (QED) is 0.682. The van der Waals surface area contributed by atoms with Crippen LogP contribution >= 0.6 is 11.6 Å². The van der Waals surface area contributed by atoms with Crippen molar-refractivity contribution < 1.29 is 9.32 Å². The molecule has 4 rings (SSSR count). The number of carbonyl (C=O) groups is 1. The third kappa shape index (κ3) is 3.10. The Hall–Kier alpha value is -2.66. The number of anilines is 1. The van der Waals surface area contributed by atoms with Gasteiger partial charge >= 0.3 is 0 Å². The second-order valence-corrected chi connectivity index (χ2v) is 7.08. The van der Waals surface area contributed by atoms with Crippen molar-refractivity contribution in [1.29, 1.82) is 0 Å². The number of aromatic nitrogens is 2. The van der Waals surface area contributed by atoms with Crippen LogP contribution in [0, 0.1) is 13.8 Å². The van der Waals surface area contributed by atoms with Gasteiger partial charge in [-0.25, -0.2) is 0 Å². The van der Waals surface area contributed by atoms with Crippen LogP contribution in [0.25, 0.3) is 11.5 Å². The Kier molecular flexibility index (Phi) is 4.24. The molecular formula is C20H18ClN3O2. The fourth-order valence-corrected chi connectivity index (χ4v) is 3.27. The van der Waals surface area contributed by atoms with Gasteiger partial charge in [0.2, 0.25) is 5.91 Å². The Morgan fingerprint density at radius 3 is 2.62 bits per heavy atom. The van der Waals surface area contributed by atoms with E-state index < -0.39 is 0 Å². The SMILES string of the molecule is Cc1ccc(-c2nc([C@@H]3CC(=O)N(c4ccc(Cl)cc4)C3)no2)cc1C. The number of nitrogens with zero attached hydrogens (tertiary/aromatic N) is 3. The van der Waals surface area contributed by atoms with Gasteiger partial charge in [-0.2, -0.15) is 4.98 Å². The molecule has 2 aromatic carbocycles. The maximum absolute atomic E-state index is 12.4. The summed E-state index contributed by atoms with van der Waals surface area (Å²) in [5, 5.41) is 4.76. The molecule has 1 aliphatic rings. The highest BCUT2D eigenvalue weighted by Crippen LogP contribution is 2.32. The fourth-order valence-electron chi connectivity index (χ4n) is 3.14. The lowest BCUT2D eigenvalue weighted by atomic mass is 10.1. The van der Waals surface area contributed by atoms with E-state index in [-0.39, 0.29) is 11.8 Å². The zero-order valence-electron chi connectivity index (χ0n) is 14.6. The lowest BCUT2D eigenvalue weighted by Crippen LogP contribution is -2.24. The predicted molar refractivity (Wildman–Crippen MR) is 100 cm³/mol. The van der Waals surface area contributed by atoms with Gasteiger partial charge in [-0.05, 0) is 61.4 Å². The summed E-state index contributed by atoms with van der Waals surface area (Å²) in [5.41, 5.74) is 4.12. The molecule has 3 aromatic rings. The third-order valence-corrected chi connectivity index (χ3v) is 5.08. The smallest absolute Gasteiger partial charge is 0.257 e. The first kappa shape index (κ1) is 16.8. The second kappa shape index (κ2) is 6.57. The van der Waals surface area contributed by atoms with Gasteiger partial charge in [0.25, 0.3) is 5.89 Å². The number of hydrogen-bond acceptors (Lipinski definition) is 4. The van der Waals surface area contributed by atoms with Crippen molar-refractivity contribution in [2.24, 2.45) is 0 Å². The summed E-state index contributed by atoms with van der Waals surface area (Å²) in [6.07, 6.45) is 0.370. The highest BCUT2D eigenvalue weighted by Gasteiger charge is 2.34. The van der Waals surface area contributed by atoms with Crippen LogP contribution in [0.2, 0.25) is 5.02 Å². The summed E-state index contributed by atoms with van der Waals surface area (Å²) in [7, 11) is 0. The van der Waals surface area contributed by atoms with Crippen LogP contribution in [0.15, 0.2) is 47.0 Å². The zero-order valence-corrected chi connectivity index (χ0v) is 15.3. The first-order valence-electron chi connectivity index (χ1n) is 8.48. The molecule has 0 unspecified atom stereocenters. The van der Waals surface area contributed by atoms with E-state index in [0.717, 1.165) is 11.3 Å². The largest absolute Gasteiger partial charge is 0.334 e. The maximum Gasteiger partial charge on any atom is 0.257 e. The van der Waals surface area contributed by atoms with Crippen molar-refractivity contribution in [2.75, 3.05) is 11.4 Å². The molecule has 1 aliphatic heterocycles. The number of aryl methyl sites for hydroxylation is 2. The van der Waals surface area contributed by atoms with Gasteiger partial charge in [0, 0.05) is 35.2 Å². The Balaban J connectivity index is 1.55. The molecule has 0 bridgehead atoms. The van der Waals surface area contributed by atoms with E-state index in [1.807, 2.05) is 30.3 Å². The number of rotatable bonds is 3. The lowest BCUT2D eigenvalue weighted by Gasteiger charge is -2.16. The molecule has 2 heterocycles. The van der Waals surface area contributed by atoms with E-state index in [0.29, 0.717) is 29.7 Å². The van der Waals surface area contributed by atoms with Crippen molar-refractivity contribution in [3.63, 3.8) is 0 Å². The first-order chi connectivity index (χ1) is 12.5. The molecule has 132 valence electrons. The minimum atomic E-state index is -0.0813. The summed E-state index contributed by atoms with van der Waals surface area (Å²) in [5.74, 6) is 1.03. The van der Waals surface area contributed by atoms with E-state index in [1.54, 1.807) is 17.0 Å². The fraction of sp³-hybridized carbons (Fsp3) is 0.250. The molecule has 1 amide bonds. The molecule has 0 aliphatic carbocycles. The molecule has 5 nitrogen and oxygen atoms in total. The molecule has 0 N–H and O–H groups in total. The van der Waals surface area contributed by atoms with Crippen molar-refractivity contribution in [1.82, 2.24) is 10.1 Å². The van der Waals surface area contributed by atoms with E-state index in [9.17, 15) is 4.79 Å². The van der Waals surface area contributed by atoms with Crippen LogP contribution in [0.1, 0.15) is 29.3 Å². The van der Waals surface area contributed by atoms with Gasteiger partial charge < -0.3 is 9.42 Å². The van der Waals surface area contributed by atoms with E-state index in [1.165, 1.54) is 11.1 Å². The van der Waals surface area contributed by atoms with Crippen molar-refractivity contribution in [2.45, 2.75) is 26.2 Å². The summed E-state index contributed by atoms with van der Waals surface area (Å²) >= 11 is 5.93. The van der Waals surface area contributed by atoms with Crippen LogP contribution in [0.3, 0.4) is 0 Å². The molecule has 0 saturated carbocycles. The first-order valence-corrected chi connectivity index (χ1v) is 8.86. The normalized spacial score (nSPS) is 17.1. The topological polar surface area (TPSA) is 59.2 Å². The Labute approximate surface area is 156 Å². The van der Waals surface area contributed by atoms with Crippen LogP contribution in [-0.4, -0.2) is 22.6 Å². The Bertz CT molecular complexity index is 965. The van der Waals surface area contributed by atoms with Gasteiger partial charge in [0.15, 0.2) is 5.82 Å². The average molecular weight is 368 g/mol. The van der Waals surface area contributed by atoms with Gasteiger partial charge in [-0.1, -0.05) is 22.8 Å². The zero-order chi connectivity index (χ0) is 18.3. The molecule has 0 spiro atoms. The number of halogens is 1. The second-order valence-electron chi connectivity index (χ2n) is 6.64. The number of hydrogen-bond donors (Lipinski definition) is 0. The Morgan fingerprint density at radius 2 is 1.88 bits per heavy atom. The van der Waals surface area contributed by atoms with Crippen molar-refractivity contribution in [3.8, 4) is 11.5 Å². The average Bonchev–Trinajstić information content (AvgIpc) is 3.25. The molecule has 26 heavy (non-hydrogen) atoms. The maximum atomic E-state index is 12.4. The summed E-state index contributed by atoms with van der Waals surface area (Å²) in [6.45, 7) is 4.65. The summed E-state index contributed by atoms with van der Waals surface area (Å²) in [4.78, 5) is 18.7.